The van der Waals surface area contributed by atoms with Gasteiger partial charge in [0.15, 0.2) is 0 Å². The van der Waals surface area contributed by atoms with Gasteiger partial charge in [0.25, 0.3) is 0 Å². The average molecular weight is 511 g/mol. The number of hydrogen-bond acceptors (Lipinski definition) is 6. The van der Waals surface area contributed by atoms with Crippen molar-refractivity contribution in [2.24, 2.45) is 0 Å². The molecule has 0 saturated carbocycles. The first-order chi connectivity index (χ1) is 17.3. The van der Waals surface area contributed by atoms with Gasteiger partial charge in [0, 0.05) is 13.5 Å². The molecule has 0 heterocycles. The fourth-order valence-corrected chi connectivity index (χ4v) is 3.23. The summed E-state index contributed by atoms with van der Waals surface area (Å²) >= 11 is 0. The summed E-state index contributed by atoms with van der Waals surface area (Å²) in [6.07, 6.45) is 3.29. The fraction of sp³-hybridized carbons (Fsp3) is 0.357. The van der Waals surface area contributed by atoms with Crippen molar-refractivity contribution in [2.75, 3.05) is 14.2 Å². The Morgan fingerprint density at radius 2 is 1.49 bits per heavy atom. The Balaban J connectivity index is 2.04. The summed E-state index contributed by atoms with van der Waals surface area (Å²) < 4.78 is 10.2. The van der Waals surface area contributed by atoms with Crippen molar-refractivity contribution >= 4 is 36.1 Å². The van der Waals surface area contributed by atoms with Crippen molar-refractivity contribution < 1.29 is 33.8 Å². The summed E-state index contributed by atoms with van der Waals surface area (Å²) in [6, 6.07) is 12.1. The number of hydrogen-bond donors (Lipinski definition) is 2. The molecule has 198 valence electrons. The van der Waals surface area contributed by atoms with Gasteiger partial charge in [0.1, 0.15) is 17.7 Å². The van der Waals surface area contributed by atoms with Gasteiger partial charge in [-0.15, -0.1) is 0 Å². The van der Waals surface area contributed by atoms with Gasteiger partial charge in [-0.1, -0.05) is 48.6 Å². The highest BCUT2D eigenvalue weighted by molar-refractivity contribution is 5.89. The summed E-state index contributed by atoms with van der Waals surface area (Å²) in [4.78, 5) is 49.6. The Labute approximate surface area is 217 Å². The van der Waals surface area contributed by atoms with Gasteiger partial charge in [-0.2, -0.15) is 0 Å². The normalized spacial score (nSPS) is 12.9. The van der Waals surface area contributed by atoms with Crippen LogP contribution in [0.15, 0.2) is 48.5 Å². The molecule has 2 unspecified atom stereocenters. The molecule has 0 radical (unpaired) electrons. The van der Waals surface area contributed by atoms with E-state index in [1.54, 1.807) is 52.0 Å². The Hall–Kier alpha value is -4.14. The topological polar surface area (TPSA) is 122 Å². The lowest BCUT2D eigenvalue weighted by molar-refractivity contribution is -0.145. The first-order valence-electron chi connectivity index (χ1n) is 11.7. The minimum Gasteiger partial charge on any atom is -0.478 e. The second kappa shape index (κ2) is 12.7. The number of nitrogens with one attached hydrogen (secondary N) is 1. The number of carbonyl (C=O) groups is 4. The Bertz CT molecular complexity index is 1130. The molecule has 0 spiro atoms. The Morgan fingerprint density at radius 1 is 0.973 bits per heavy atom. The molecule has 0 saturated heterocycles. The van der Waals surface area contributed by atoms with Crippen LogP contribution in [0.3, 0.4) is 0 Å². The molecule has 0 fully saturated rings. The van der Waals surface area contributed by atoms with Crippen LogP contribution in [0.4, 0.5) is 4.79 Å². The van der Waals surface area contributed by atoms with Gasteiger partial charge in [-0.3, -0.25) is 9.69 Å². The predicted molar refractivity (Wildman–Crippen MR) is 140 cm³/mol. The number of esters is 1. The number of ether oxygens (including phenoxy) is 2. The number of methoxy groups -OCH3 is 1. The molecule has 2 aromatic rings. The van der Waals surface area contributed by atoms with E-state index in [4.69, 9.17) is 14.6 Å². The molecule has 0 aliphatic carbocycles. The van der Waals surface area contributed by atoms with Crippen LogP contribution in [-0.2, 0) is 25.5 Å². The van der Waals surface area contributed by atoms with Crippen LogP contribution in [0.5, 0.6) is 0 Å². The van der Waals surface area contributed by atoms with E-state index < -0.39 is 41.6 Å². The number of carboxylic acids is 1. The van der Waals surface area contributed by atoms with Gasteiger partial charge in [-0.05, 0) is 56.5 Å². The van der Waals surface area contributed by atoms with Crippen LogP contribution < -0.4 is 5.32 Å². The Morgan fingerprint density at radius 3 is 1.95 bits per heavy atom. The second-order valence-corrected chi connectivity index (χ2v) is 9.56. The monoisotopic (exact) mass is 510 g/mol. The van der Waals surface area contributed by atoms with Gasteiger partial charge < -0.3 is 19.9 Å². The van der Waals surface area contributed by atoms with Crippen molar-refractivity contribution in [2.45, 2.75) is 51.8 Å². The van der Waals surface area contributed by atoms with Crippen LogP contribution >= 0.6 is 0 Å². The summed E-state index contributed by atoms with van der Waals surface area (Å²) in [7, 11) is 2.70. The number of carboxylic acid groups (broad SMARTS) is 1. The third-order valence-electron chi connectivity index (χ3n) is 5.49. The van der Waals surface area contributed by atoms with Crippen molar-refractivity contribution in [3.05, 3.63) is 70.8 Å². The number of rotatable bonds is 9. The number of likely N-dealkylation sites (N-methyl/N-ethyl adjacent to an activating group) is 1. The molecule has 2 N–H and O–H groups in total. The molecular formula is C28H34N2O7. The lowest BCUT2D eigenvalue weighted by Gasteiger charge is -2.29. The first kappa shape index (κ1) is 29.1. The van der Waals surface area contributed by atoms with Gasteiger partial charge >= 0.3 is 18.0 Å². The van der Waals surface area contributed by atoms with Gasteiger partial charge in [0.05, 0.1) is 12.7 Å². The zero-order valence-corrected chi connectivity index (χ0v) is 22.0. The number of nitrogens with zero attached hydrogens (tertiary/aromatic N) is 1. The summed E-state index contributed by atoms with van der Waals surface area (Å²) in [5, 5.41) is 11.7. The molecule has 2 aromatic carbocycles. The number of aromatic carboxylic acids is 1. The van der Waals surface area contributed by atoms with Crippen molar-refractivity contribution in [1.82, 2.24) is 10.2 Å². The van der Waals surface area contributed by atoms with Crippen LogP contribution in [0.2, 0.25) is 0 Å². The highest BCUT2D eigenvalue weighted by Gasteiger charge is 2.30. The molecule has 2 amide bonds. The zero-order valence-electron chi connectivity index (χ0n) is 22.0. The smallest absolute Gasteiger partial charge is 0.410 e. The van der Waals surface area contributed by atoms with Crippen molar-refractivity contribution in [3.63, 3.8) is 0 Å². The lowest BCUT2D eigenvalue weighted by Crippen LogP contribution is -2.52. The van der Waals surface area contributed by atoms with E-state index in [-0.39, 0.29) is 12.0 Å². The second-order valence-electron chi connectivity index (χ2n) is 9.56. The van der Waals surface area contributed by atoms with E-state index in [2.05, 4.69) is 5.32 Å². The maximum absolute atomic E-state index is 12.8. The fourth-order valence-electron chi connectivity index (χ4n) is 3.23. The molecule has 37 heavy (non-hydrogen) atoms. The Kier molecular flexibility index (Phi) is 9.99. The van der Waals surface area contributed by atoms with E-state index in [9.17, 15) is 19.2 Å². The minimum absolute atomic E-state index is 0.196. The minimum atomic E-state index is -0.975. The molecule has 9 nitrogen and oxygen atoms in total. The van der Waals surface area contributed by atoms with Crippen LogP contribution in [-0.4, -0.2) is 65.8 Å². The average Bonchev–Trinajstić information content (AvgIpc) is 2.85. The summed E-state index contributed by atoms with van der Waals surface area (Å²) in [5.41, 5.74) is 2.07. The first-order valence-corrected chi connectivity index (χ1v) is 11.7. The SMILES string of the molecule is COC(=O)C(Cc1ccc(C=Cc2ccc(C(=O)O)cc2)cc1)NC(=O)C(C)N(C)C(=O)OC(C)(C)C. The molecule has 0 bridgehead atoms. The molecule has 0 aromatic heterocycles. The van der Waals surface area contributed by atoms with E-state index in [0.29, 0.717) is 0 Å². The standard InChI is InChI=1S/C28H34N2O7/c1-18(30(5)27(35)37-28(2,3)4)24(31)29-23(26(34)36-6)17-21-11-9-19(10-12-21)7-8-20-13-15-22(16-14-20)25(32)33/h7-16,18,23H,17H2,1-6H3,(H,29,31)(H,32,33). The molecule has 2 atom stereocenters. The van der Waals surface area contributed by atoms with Crippen LogP contribution in [0.1, 0.15) is 54.7 Å². The quantitative estimate of drug-likeness (QED) is 0.386. The van der Waals surface area contributed by atoms with Gasteiger partial charge in [0.2, 0.25) is 5.91 Å². The van der Waals surface area contributed by atoms with Crippen molar-refractivity contribution in [3.8, 4) is 0 Å². The number of carbonyl (C=O) groups excluding carboxylic acids is 3. The maximum Gasteiger partial charge on any atom is 0.410 e. The predicted octanol–water partition coefficient (Wildman–Crippen LogP) is 4.01. The van der Waals surface area contributed by atoms with E-state index in [1.165, 1.54) is 19.1 Å². The maximum atomic E-state index is 12.8. The van der Waals surface area contributed by atoms with E-state index in [1.807, 2.05) is 36.4 Å². The van der Waals surface area contributed by atoms with Gasteiger partial charge in [-0.25, -0.2) is 14.4 Å². The summed E-state index contributed by atoms with van der Waals surface area (Å²) in [5.74, 6) is -2.09. The highest BCUT2D eigenvalue weighted by Crippen LogP contribution is 2.14. The largest absolute Gasteiger partial charge is 0.478 e. The van der Waals surface area contributed by atoms with Crippen molar-refractivity contribution in [1.29, 1.82) is 0 Å². The summed E-state index contributed by atoms with van der Waals surface area (Å²) in [6.45, 7) is 6.74. The molecule has 0 aliphatic rings. The van der Waals surface area contributed by atoms with E-state index in [0.717, 1.165) is 16.7 Å². The highest BCUT2D eigenvalue weighted by atomic mass is 16.6. The van der Waals surface area contributed by atoms with E-state index >= 15 is 0 Å². The molecule has 2 rings (SSSR count). The van der Waals surface area contributed by atoms with Crippen LogP contribution in [0.25, 0.3) is 12.2 Å². The number of amides is 2. The molecule has 0 aliphatic heterocycles. The third-order valence-corrected chi connectivity index (χ3v) is 5.49. The molecule has 9 heteroatoms. The van der Waals surface area contributed by atoms with Crippen LogP contribution in [0, 0.1) is 0 Å². The molecular weight excluding hydrogens is 476 g/mol. The number of benzene rings is 2. The third kappa shape index (κ3) is 9.10. The lowest BCUT2D eigenvalue weighted by atomic mass is 10.0. The zero-order chi connectivity index (χ0) is 27.8.